The summed E-state index contributed by atoms with van der Waals surface area (Å²) in [5.41, 5.74) is 0. The molecule has 108 valence electrons. The first kappa shape index (κ1) is 15.8. The predicted octanol–water partition coefficient (Wildman–Crippen LogP) is 2.65. The molecular formula is C14H22N6. The molecular weight excluding hydrogens is 252 g/mol. The summed E-state index contributed by atoms with van der Waals surface area (Å²) in [5, 5.41) is 16.0. The molecule has 6 heteroatoms. The third kappa shape index (κ3) is 5.60. The van der Waals surface area contributed by atoms with E-state index >= 15 is 0 Å². The lowest BCUT2D eigenvalue weighted by atomic mass is 10.3. The van der Waals surface area contributed by atoms with Gasteiger partial charge in [0, 0.05) is 27.3 Å². The quantitative estimate of drug-likeness (QED) is 0.335. The van der Waals surface area contributed by atoms with Crippen molar-refractivity contribution in [3.63, 3.8) is 0 Å². The largest absolute Gasteiger partial charge is 0.361 e. The first-order chi connectivity index (χ1) is 9.65. The number of likely N-dealkylation sites (N-methyl/N-ethyl adjacent to an activating group) is 2. The minimum atomic E-state index is -0.0799. The molecule has 0 aromatic carbocycles. The Morgan fingerprint density at radius 3 is 2.80 bits per heavy atom. The number of hydrogen-bond acceptors (Lipinski definition) is 4. The molecule has 1 heterocycles. The zero-order chi connectivity index (χ0) is 14.8. The van der Waals surface area contributed by atoms with Gasteiger partial charge in [-0.15, -0.1) is 15.3 Å². The van der Waals surface area contributed by atoms with Gasteiger partial charge in [0.1, 0.15) is 5.84 Å². The van der Waals surface area contributed by atoms with Crippen molar-refractivity contribution in [3.05, 3.63) is 36.6 Å². The van der Waals surface area contributed by atoms with Gasteiger partial charge >= 0.3 is 0 Å². The fraction of sp³-hybridized carbons (Fsp3) is 0.429. The van der Waals surface area contributed by atoms with Crippen LogP contribution in [0.1, 0.15) is 13.3 Å². The summed E-state index contributed by atoms with van der Waals surface area (Å²) in [4.78, 5) is 3.85. The van der Waals surface area contributed by atoms with Gasteiger partial charge in [0.15, 0.2) is 12.5 Å². The second-order valence-corrected chi connectivity index (χ2v) is 4.43. The van der Waals surface area contributed by atoms with Crippen molar-refractivity contribution in [2.24, 2.45) is 20.4 Å². The van der Waals surface area contributed by atoms with Gasteiger partial charge in [0.05, 0.1) is 0 Å². The Labute approximate surface area is 120 Å². The summed E-state index contributed by atoms with van der Waals surface area (Å²) >= 11 is 0. The van der Waals surface area contributed by atoms with E-state index in [0.717, 1.165) is 12.3 Å². The second-order valence-electron chi connectivity index (χ2n) is 4.43. The summed E-state index contributed by atoms with van der Waals surface area (Å²) in [6.45, 7) is 2.07. The van der Waals surface area contributed by atoms with Gasteiger partial charge in [-0.25, -0.2) is 0 Å². The maximum absolute atomic E-state index is 4.13. The van der Waals surface area contributed by atoms with Crippen LogP contribution in [0, 0.1) is 0 Å². The summed E-state index contributed by atoms with van der Waals surface area (Å²) < 4.78 is 0. The average molecular weight is 274 g/mol. The van der Waals surface area contributed by atoms with Crippen molar-refractivity contribution >= 4 is 12.2 Å². The van der Waals surface area contributed by atoms with E-state index in [2.05, 4.69) is 27.4 Å². The molecule has 0 N–H and O–H groups in total. The van der Waals surface area contributed by atoms with Crippen LogP contribution in [-0.4, -0.2) is 49.3 Å². The van der Waals surface area contributed by atoms with Crippen LogP contribution in [0.15, 0.2) is 57.0 Å². The number of rotatable bonds is 5. The topological polar surface area (TPSA) is 55.9 Å². The molecule has 0 bridgehead atoms. The SMILES string of the molecule is CC\C=C/C(=N\N=C\N=NC1C=CC=CN1C)N(C)C. The molecule has 0 aliphatic carbocycles. The van der Waals surface area contributed by atoms with Crippen LogP contribution in [0.3, 0.4) is 0 Å². The van der Waals surface area contributed by atoms with Gasteiger partial charge in [-0.05, 0) is 24.6 Å². The molecule has 0 saturated heterocycles. The molecule has 0 fully saturated rings. The van der Waals surface area contributed by atoms with Crippen LogP contribution >= 0.6 is 0 Å². The van der Waals surface area contributed by atoms with Gasteiger partial charge in [0.25, 0.3) is 0 Å². The molecule has 0 aromatic heterocycles. The van der Waals surface area contributed by atoms with Crippen molar-refractivity contribution in [1.29, 1.82) is 0 Å². The molecule has 0 aromatic rings. The first-order valence-corrected chi connectivity index (χ1v) is 6.55. The monoisotopic (exact) mass is 274 g/mol. The van der Waals surface area contributed by atoms with E-state index in [0.29, 0.717) is 0 Å². The van der Waals surface area contributed by atoms with Crippen molar-refractivity contribution in [2.45, 2.75) is 19.5 Å². The number of hydrogen-bond donors (Lipinski definition) is 0. The molecule has 1 unspecified atom stereocenters. The zero-order valence-electron chi connectivity index (χ0n) is 12.5. The van der Waals surface area contributed by atoms with E-state index < -0.39 is 0 Å². The molecule has 1 rings (SSSR count). The van der Waals surface area contributed by atoms with Gasteiger partial charge in [0.2, 0.25) is 0 Å². The lowest BCUT2D eigenvalue weighted by molar-refractivity contribution is 0.381. The third-order valence-corrected chi connectivity index (χ3v) is 2.54. The standard InChI is InChI=1S/C14H22N6/c1-5-6-9-13(19(2)3)17-15-12-16-18-14-10-7-8-11-20(14)4/h6-12,14H,5H2,1-4H3/b9-6-,15-12+,17-13+,18-16?. The summed E-state index contributed by atoms with van der Waals surface area (Å²) in [7, 11) is 5.78. The lowest BCUT2D eigenvalue weighted by Gasteiger charge is -2.20. The van der Waals surface area contributed by atoms with Crippen molar-refractivity contribution in [2.75, 3.05) is 21.1 Å². The third-order valence-electron chi connectivity index (χ3n) is 2.54. The molecule has 1 atom stereocenters. The molecule has 1 aliphatic heterocycles. The van der Waals surface area contributed by atoms with Gasteiger partial charge in [-0.1, -0.05) is 19.1 Å². The molecule has 1 aliphatic rings. The summed E-state index contributed by atoms with van der Waals surface area (Å²) in [6.07, 6.45) is 14.0. The molecule has 0 amide bonds. The minimum absolute atomic E-state index is 0.0799. The van der Waals surface area contributed by atoms with Crippen molar-refractivity contribution in [1.82, 2.24) is 9.80 Å². The number of nitrogens with zero attached hydrogens (tertiary/aromatic N) is 6. The van der Waals surface area contributed by atoms with E-state index in [1.807, 2.05) is 67.5 Å². The second kappa shape index (κ2) is 8.79. The molecule has 0 spiro atoms. The van der Waals surface area contributed by atoms with E-state index in [9.17, 15) is 0 Å². The normalized spacial score (nSPS) is 19.9. The fourth-order valence-electron chi connectivity index (χ4n) is 1.39. The van der Waals surface area contributed by atoms with Gasteiger partial charge in [-0.3, -0.25) is 0 Å². The average Bonchev–Trinajstić information content (AvgIpc) is 2.43. The minimum Gasteiger partial charge on any atom is -0.361 e. The molecule has 6 nitrogen and oxygen atoms in total. The van der Waals surface area contributed by atoms with Crippen LogP contribution in [-0.2, 0) is 0 Å². The first-order valence-electron chi connectivity index (χ1n) is 6.55. The highest BCUT2D eigenvalue weighted by Gasteiger charge is 2.07. The molecule has 0 radical (unpaired) electrons. The summed E-state index contributed by atoms with van der Waals surface area (Å²) in [6, 6.07) is 0. The Hall–Kier alpha value is -2.24. The number of allylic oxidation sites excluding steroid dienone is 3. The van der Waals surface area contributed by atoms with E-state index in [1.54, 1.807) is 0 Å². The highest BCUT2D eigenvalue weighted by atomic mass is 15.3. The van der Waals surface area contributed by atoms with E-state index in [4.69, 9.17) is 0 Å². The Morgan fingerprint density at radius 1 is 1.35 bits per heavy atom. The Morgan fingerprint density at radius 2 is 2.15 bits per heavy atom. The zero-order valence-corrected chi connectivity index (χ0v) is 12.5. The molecule has 0 saturated carbocycles. The maximum Gasteiger partial charge on any atom is 0.161 e. The van der Waals surface area contributed by atoms with Crippen LogP contribution in [0.5, 0.6) is 0 Å². The smallest absolute Gasteiger partial charge is 0.161 e. The lowest BCUT2D eigenvalue weighted by Crippen LogP contribution is -2.23. The van der Waals surface area contributed by atoms with Gasteiger partial charge in [-0.2, -0.15) is 5.11 Å². The predicted molar refractivity (Wildman–Crippen MR) is 83.7 cm³/mol. The van der Waals surface area contributed by atoms with Crippen LogP contribution in [0.4, 0.5) is 0 Å². The van der Waals surface area contributed by atoms with E-state index in [1.165, 1.54) is 6.34 Å². The fourth-order valence-corrected chi connectivity index (χ4v) is 1.39. The van der Waals surface area contributed by atoms with Crippen molar-refractivity contribution < 1.29 is 0 Å². The maximum atomic E-state index is 4.13. The highest BCUT2D eigenvalue weighted by Crippen LogP contribution is 2.06. The van der Waals surface area contributed by atoms with Crippen LogP contribution < -0.4 is 0 Å². The number of amidine groups is 1. The highest BCUT2D eigenvalue weighted by molar-refractivity contribution is 5.92. The Bertz CT molecular complexity index is 456. The molecule has 20 heavy (non-hydrogen) atoms. The van der Waals surface area contributed by atoms with Gasteiger partial charge < -0.3 is 9.80 Å². The Balaban J connectivity index is 2.56. The summed E-state index contributed by atoms with van der Waals surface area (Å²) in [5.74, 6) is 0.774. The Kier molecular flexibility index (Phi) is 6.95. The van der Waals surface area contributed by atoms with Crippen LogP contribution in [0.25, 0.3) is 0 Å². The number of azo groups is 1. The van der Waals surface area contributed by atoms with Crippen LogP contribution in [0.2, 0.25) is 0 Å². The van der Waals surface area contributed by atoms with Crippen molar-refractivity contribution in [3.8, 4) is 0 Å². The van der Waals surface area contributed by atoms with E-state index in [-0.39, 0.29) is 6.17 Å².